The first kappa shape index (κ1) is 8.51. The van der Waals surface area contributed by atoms with Crippen LogP contribution in [-0.4, -0.2) is 10.1 Å². The Labute approximate surface area is 77.6 Å². The number of aliphatic hydroxyl groups is 1. The van der Waals surface area contributed by atoms with Crippen LogP contribution in [-0.2, 0) is 0 Å². The van der Waals surface area contributed by atoms with E-state index >= 15 is 0 Å². The largest absolute Gasteiger partial charge is 0.398 e. The Morgan fingerprint density at radius 3 is 2.85 bits per heavy atom. The molecule has 1 atom stereocenters. The minimum atomic E-state index is -0.457. The maximum Gasteiger partial charge on any atom is 0.0878 e. The summed E-state index contributed by atoms with van der Waals surface area (Å²) in [6.45, 7) is 2.07. The van der Waals surface area contributed by atoms with Crippen molar-refractivity contribution in [1.29, 1.82) is 0 Å². The summed E-state index contributed by atoms with van der Waals surface area (Å²) in [7, 11) is 0. The average Bonchev–Trinajstić information content (AvgIpc) is 2.85. The Bertz CT molecular complexity index is 320. The molecule has 0 amide bonds. The molecule has 1 fully saturated rings. The second-order valence-corrected chi connectivity index (χ2v) is 4.06. The maximum absolute atomic E-state index is 9.98. The molecule has 1 aromatic rings. The highest BCUT2D eigenvalue weighted by Crippen LogP contribution is 2.54. The predicted molar refractivity (Wildman–Crippen MR) is 51.0 cm³/mol. The van der Waals surface area contributed by atoms with Crippen molar-refractivity contribution >= 4 is 5.69 Å². The van der Waals surface area contributed by atoms with Crippen molar-refractivity contribution in [2.75, 3.05) is 5.73 Å². The molecule has 3 nitrogen and oxygen atoms in total. The summed E-state index contributed by atoms with van der Waals surface area (Å²) < 4.78 is 0. The summed E-state index contributed by atoms with van der Waals surface area (Å²) in [6, 6.07) is 1.73. The lowest BCUT2D eigenvalue weighted by Gasteiger charge is -2.18. The first-order chi connectivity index (χ1) is 6.13. The van der Waals surface area contributed by atoms with Crippen LogP contribution in [0.25, 0.3) is 0 Å². The number of aliphatic hydroxyl groups excluding tert-OH is 1. The number of pyridine rings is 1. The van der Waals surface area contributed by atoms with Gasteiger partial charge in [-0.05, 0) is 24.3 Å². The summed E-state index contributed by atoms with van der Waals surface area (Å²) in [5, 5.41) is 9.98. The van der Waals surface area contributed by atoms with Crippen LogP contribution in [0.1, 0.15) is 31.4 Å². The SMILES string of the molecule is CC1(C(O)c2cnccc2N)CC1. The highest BCUT2D eigenvalue weighted by atomic mass is 16.3. The lowest BCUT2D eigenvalue weighted by atomic mass is 9.95. The van der Waals surface area contributed by atoms with Gasteiger partial charge in [0.15, 0.2) is 0 Å². The van der Waals surface area contributed by atoms with Crippen LogP contribution in [0.4, 0.5) is 5.69 Å². The van der Waals surface area contributed by atoms with Crippen molar-refractivity contribution in [3.63, 3.8) is 0 Å². The van der Waals surface area contributed by atoms with Crippen LogP contribution in [0, 0.1) is 5.41 Å². The van der Waals surface area contributed by atoms with Gasteiger partial charge >= 0.3 is 0 Å². The number of hydrogen-bond donors (Lipinski definition) is 2. The zero-order valence-electron chi connectivity index (χ0n) is 7.70. The highest BCUT2D eigenvalue weighted by molar-refractivity contribution is 5.46. The Hall–Kier alpha value is -1.09. The van der Waals surface area contributed by atoms with Crippen LogP contribution in [0.15, 0.2) is 18.5 Å². The van der Waals surface area contributed by atoms with Gasteiger partial charge in [-0.25, -0.2) is 0 Å². The Kier molecular flexibility index (Phi) is 1.77. The fourth-order valence-electron chi connectivity index (χ4n) is 1.49. The lowest BCUT2D eigenvalue weighted by molar-refractivity contribution is 0.104. The normalized spacial score (nSPS) is 21.1. The number of aromatic nitrogens is 1. The molecule has 0 spiro atoms. The molecule has 1 aliphatic carbocycles. The van der Waals surface area contributed by atoms with Gasteiger partial charge in [0, 0.05) is 23.6 Å². The third kappa shape index (κ3) is 1.40. The zero-order chi connectivity index (χ0) is 9.47. The summed E-state index contributed by atoms with van der Waals surface area (Å²) >= 11 is 0. The van der Waals surface area contributed by atoms with Gasteiger partial charge in [0.25, 0.3) is 0 Å². The van der Waals surface area contributed by atoms with E-state index in [1.54, 1.807) is 18.5 Å². The van der Waals surface area contributed by atoms with Crippen molar-refractivity contribution in [1.82, 2.24) is 4.98 Å². The Morgan fingerprint density at radius 1 is 1.62 bits per heavy atom. The monoisotopic (exact) mass is 178 g/mol. The van der Waals surface area contributed by atoms with Crippen LogP contribution in [0.5, 0.6) is 0 Å². The predicted octanol–water partition coefficient (Wildman–Crippen LogP) is 1.50. The van der Waals surface area contributed by atoms with E-state index in [4.69, 9.17) is 5.73 Å². The molecule has 1 saturated carbocycles. The number of rotatable bonds is 2. The van der Waals surface area contributed by atoms with Crippen molar-refractivity contribution in [3.05, 3.63) is 24.0 Å². The van der Waals surface area contributed by atoms with E-state index in [0.717, 1.165) is 18.4 Å². The van der Waals surface area contributed by atoms with E-state index in [2.05, 4.69) is 11.9 Å². The van der Waals surface area contributed by atoms with Gasteiger partial charge in [0.05, 0.1) is 6.10 Å². The van der Waals surface area contributed by atoms with Crippen molar-refractivity contribution in [2.24, 2.45) is 5.41 Å². The van der Waals surface area contributed by atoms with Crippen LogP contribution >= 0.6 is 0 Å². The van der Waals surface area contributed by atoms with Gasteiger partial charge in [0.1, 0.15) is 0 Å². The Morgan fingerprint density at radius 2 is 2.31 bits per heavy atom. The highest BCUT2D eigenvalue weighted by Gasteiger charge is 2.45. The van der Waals surface area contributed by atoms with E-state index in [1.807, 2.05) is 0 Å². The molecule has 0 saturated heterocycles. The standard InChI is InChI=1S/C10H14N2O/c1-10(3-4-10)9(13)7-6-12-5-2-8(7)11/h2,5-6,9,13H,3-4H2,1H3,(H2,11,12). The minimum Gasteiger partial charge on any atom is -0.398 e. The summed E-state index contributed by atoms with van der Waals surface area (Å²) in [5.74, 6) is 0. The van der Waals surface area contributed by atoms with Crippen LogP contribution in [0.2, 0.25) is 0 Å². The molecule has 0 radical (unpaired) electrons. The molecular weight excluding hydrogens is 164 g/mol. The molecular formula is C10H14N2O. The quantitative estimate of drug-likeness (QED) is 0.721. The molecule has 2 rings (SSSR count). The molecule has 3 heteroatoms. The second-order valence-electron chi connectivity index (χ2n) is 4.06. The third-order valence-corrected chi connectivity index (χ3v) is 2.88. The molecule has 1 aliphatic rings. The second kappa shape index (κ2) is 2.70. The number of nitrogen functional groups attached to an aromatic ring is 1. The van der Waals surface area contributed by atoms with Gasteiger partial charge < -0.3 is 10.8 Å². The first-order valence-corrected chi connectivity index (χ1v) is 4.51. The molecule has 13 heavy (non-hydrogen) atoms. The van der Waals surface area contributed by atoms with E-state index in [1.165, 1.54) is 0 Å². The third-order valence-electron chi connectivity index (χ3n) is 2.88. The number of hydrogen-bond acceptors (Lipinski definition) is 3. The minimum absolute atomic E-state index is 0.0388. The summed E-state index contributed by atoms with van der Waals surface area (Å²) in [4.78, 5) is 3.97. The molecule has 1 aromatic heterocycles. The number of anilines is 1. The summed E-state index contributed by atoms with van der Waals surface area (Å²) in [5.41, 5.74) is 7.19. The van der Waals surface area contributed by atoms with Gasteiger partial charge in [-0.15, -0.1) is 0 Å². The molecule has 0 aliphatic heterocycles. The van der Waals surface area contributed by atoms with Crippen molar-refractivity contribution in [3.8, 4) is 0 Å². The number of nitrogens with two attached hydrogens (primary N) is 1. The fourth-order valence-corrected chi connectivity index (χ4v) is 1.49. The number of nitrogens with zero attached hydrogens (tertiary/aromatic N) is 1. The van der Waals surface area contributed by atoms with Gasteiger partial charge in [-0.3, -0.25) is 4.98 Å². The van der Waals surface area contributed by atoms with E-state index in [0.29, 0.717) is 5.69 Å². The zero-order valence-corrected chi connectivity index (χ0v) is 7.70. The van der Waals surface area contributed by atoms with Crippen molar-refractivity contribution in [2.45, 2.75) is 25.9 Å². The van der Waals surface area contributed by atoms with Crippen LogP contribution < -0.4 is 5.73 Å². The smallest absolute Gasteiger partial charge is 0.0878 e. The summed E-state index contributed by atoms with van der Waals surface area (Å²) in [6.07, 6.45) is 4.98. The van der Waals surface area contributed by atoms with Gasteiger partial charge in [0.2, 0.25) is 0 Å². The van der Waals surface area contributed by atoms with E-state index in [-0.39, 0.29) is 5.41 Å². The molecule has 1 heterocycles. The van der Waals surface area contributed by atoms with Gasteiger partial charge in [-0.2, -0.15) is 0 Å². The first-order valence-electron chi connectivity index (χ1n) is 4.51. The molecule has 1 unspecified atom stereocenters. The Balaban J connectivity index is 2.30. The molecule has 3 N–H and O–H groups in total. The lowest BCUT2D eigenvalue weighted by Crippen LogP contribution is -2.12. The van der Waals surface area contributed by atoms with Crippen LogP contribution in [0.3, 0.4) is 0 Å². The molecule has 0 aromatic carbocycles. The molecule has 0 bridgehead atoms. The van der Waals surface area contributed by atoms with Gasteiger partial charge in [-0.1, -0.05) is 6.92 Å². The fraction of sp³-hybridized carbons (Fsp3) is 0.500. The van der Waals surface area contributed by atoms with Crippen molar-refractivity contribution < 1.29 is 5.11 Å². The van der Waals surface area contributed by atoms with E-state index in [9.17, 15) is 5.11 Å². The molecule has 70 valence electrons. The maximum atomic E-state index is 9.98. The van der Waals surface area contributed by atoms with E-state index < -0.39 is 6.10 Å². The topological polar surface area (TPSA) is 59.1 Å². The average molecular weight is 178 g/mol.